The summed E-state index contributed by atoms with van der Waals surface area (Å²) >= 11 is 0. The lowest BCUT2D eigenvalue weighted by Gasteiger charge is -2.16. The Hall–Kier alpha value is -0.560. The Kier molecular flexibility index (Phi) is 14.2. The first-order valence-electron chi connectivity index (χ1n) is 4.39. The Balaban J connectivity index is -0.000000845. The lowest BCUT2D eigenvalue weighted by molar-refractivity contribution is -0.152. The summed E-state index contributed by atoms with van der Waals surface area (Å²) in [5.74, 6) is -1.40. The fourth-order valence-corrected chi connectivity index (χ4v) is 0.770. The van der Waals surface area contributed by atoms with Crippen molar-refractivity contribution < 1.29 is 19.1 Å². The maximum atomic E-state index is 11.1. The highest BCUT2D eigenvalue weighted by atomic mass is 35.5. The minimum atomic E-state index is -1.17. The molecule has 0 saturated carbocycles. The van der Waals surface area contributed by atoms with E-state index in [9.17, 15) is 9.59 Å². The SMILES string of the molecule is CCOC(=O)C(N)C(N)C(=O)OCC.Cl.Cl. The van der Waals surface area contributed by atoms with Crippen LogP contribution in [0.3, 0.4) is 0 Å². The lowest BCUT2D eigenvalue weighted by Crippen LogP contribution is -2.52. The number of hydrogen-bond acceptors (Lipinski definition) is 6. The van der Waals surface area contributed by atoms with Crippen LogP contribution in [0.4, 0.5) is 0 Å². The third-order valence-corrected chi connectivity index (χ3v) is 1.50. The molecule has 0 aromatic rings. The van der Waals surface area contributed by atoms with Gasteiger partial charge in [-0.15, -0.1) is 24.8 Å². The molecule has 0 bridgehead atoms. The molecule has 0 spiro atoms. The van der Waals surface area contributed by atoms with Gasteiger partial charge in [0.25, 0.3) is 0 Å². The maximum absolute atomic E-state index is 11.1. The average Bonchev–Trinajstić information content (AvgIpc) is 2.16. The predicted octanol–water partition coefficient (Wildman–Crippen LogP) is -0.389. The van der Waals surface area contributed by atoms with Gasteiger partial charge < -0.3 is 20.9 Å². The number of ether oxygens (including phenoxy) is 2. The zero-order chi connectivity index (χ0) is 11.1. The zero-order valence-electron chi connectivity index (χ0n) is 9.17. The van der Waals surface area contributed by atoms with E-state index in [-0.39, 0.29) is 38.0 Å². The molecule has 4 N–H and O–H groups in total. The van der Waals surface area contributed by atoms with Gasteiger partial charge in [0.1, 0.15) is 12.1 Å². The molecule has 2 unspecified atom stereocenters. The molecule has 0 aromatic heterocycles. The first-order valence-corrected chi connectivity index (χ1v) is 4.39. The second-order valence-electron chi connectivity index (χ2n) is 2.56. The number of carbonyl (C=O) groups is 2. The number of halogens is 2. The van der Waals surface area contributed by atoms with Crippen LogP contribution in [-0.2, 0) is 19.1 Å². The van der Waals surface area contributed by atoms with Gasteiger partial charge in [0, 0.05) is 0 Å². The van der Waals surface area contributed by atoms with Crippen LogP contribution in [0.1, 0.15) is 13.8 Å². The second kappa shape index (κ2) is 10.9. The summed E-state index contributed by atoms with van der Waals surface area (Å²) < 4.78 is 9.20. The molecular weight excluding hydrogens is 259 g/mol. The van der Waals surface area contributed by atoms with Crippen LogP contribution in [-0.4, -0.2) is 37.2 Å². The van der Waals surface area contributed by atoms with Crippen LogP contribution in [0.15, 0.2) is 0 Å². The van der Waals surface area contributed by atoms with Gasteiger partial charge in [-0.05, 0) is 13.8 Å². The van der Waals surface area contributed by atoms with Gasteiger partial charge in [-0.25, -0.2) is 0 Å². The molecule has 0 aromatic carbocycles. The summed E-state index contributed by atoms with van der Waals surface area (Å²) in [5, 5.41) is 0. The van der Waals surface area contributed by atoms with E-state index in [1.807, 2.05) is 0 Å². The van der Waals surface area contributed by atoms with Gasteiger partial charge in [0.05, 0.1) is 13.2 Å². The van der Waals surface area contributed by atoms with Crippen molar-refractivity contribution >= 4 is 36.8 Å². The van der Waals surface area contributed by atoms with Crippen molar-refractivity contribution in [2.75, 3.05) is 13.2 Å². The van der Waals surface area contributed by atoms with E-state index in [2.05, 4.69) is 9.47 Å². The van der Waals surface area contributed by atoms with E-state index in [1.54, 1.807) is 13.8 Å². The van der Waals surface area contributed by atoms with Crippen LogP contribution in [0.5, 0.6) is 0 Å². The van der Waals surface area contributed by atoms with Crippen LogP contribution in [0.2, 0.25) is 0 Å². The second-order valence-corrected chi connectivity index (χ2v) is 2.56. The minimum Gasteiger partial charge on any atom is -0.465 e. The van der Waals surface area contributed by atoms with E-state index in [0.717, 1.165) is 0 Å². The summed E-state index contributed by atoms with van der Waals surface area (Å²) in [5.41, 5.74) is 10.8. The molecule has 6 nitrogen and oxygen atoms in total. The summed E-state index contributed by atoms with van der Waals surface area (Å²) in [4.78, 5) is 22.1. The number of hydrogen-bond donors (Lipinski definition) is 2. The molecule has 0 saturated heterocycles. The summed E-state index contributed by atoms with van der Waals surface area (Å²) in [6.45, 7) is 3.67. The highest BCUT2D eigenvalue weighted by molar-refractivity contribution is 5.86. The topological polar surface area (TPSA) is 105 Å². The summed E-state index contributed by atoms with van der Waals surface area (Å²) in [6, 6.07) is -2.34. The van der Waals surface area contributed by atoms with Crippen LogP contribution in [0.25, 0.3) is 0 Å². The van der Waals surface area contributed by atoms with Gasteiger partial charge >= 0.3 is 11.9 Å². The van der Waals surface area contributed by atoms with Crippen molar-refractivity contribution in [1.82, 2.24) is 0 Å². The minimum absolute atomic E-state index is 0. The summed E-state index contributed by atoms with van der Waals surface area (Å²) in [6.07, 6.45) is 0. The van der Waals surface area contributed by atoms with Crippen molar-refractivity contribution in [3.63, 3.8) is 0 Å². The van der Waals surface area contributed by atoms with Crippen LogP contribution in [0, 0.1) is 0 Å². The largest absolute Gasteiger partial charge is 0.465 e. The molecule has 0 rings (SSSR count). The molecule has 0 fully saturated rings. The molecule has 8 heteroatoms. The number of rotatable bonds is 5. The van der Waals surface area contributed by atoms with Gasteiger partial charge in [-0.2, -0.15) is 0 Å². The molecule has 0 radical (unpaired) electrons. The highest BCUT2D eigenvalue weighted by Gasteiger charge is 2.29. The van der Waals surface area contributed by atoms with E-state index < -0.39 is 24.0 Å². The van der Waals surface area contributed by atoms with E-state index in [4.69, 9.17) is 11.5 Å². The zero-order valence-corrected chi connectivity index (χ0v) is 10.8. The maximum Gasteiger partial charge on any atom is 0.325 e. The fourth-order valence-electron chi connectivity index (χ4n) is 0.770. The molecular formula is C8H18Cl2N2O4. The molecule has 98 valence electrons. The molecule has 16 heavy (non-hydrogen) atoms. The molecule has 0 heterocycles. The third kappa shape index (κ3) is 6.84. The molecule has 0 amide bonds. The van der Waals surface area contributed by atoms with Crippen molar-refractivity contribution in [2.24, 2.45) is 11.5 Å². The molecule has 0 aliphatic heterocycles. The quantitative estimate of drug-likeness (QED) is 0.663. The number of carbonyl (C=O) groups excluding carboxylic acids is 2. The third-order valence-electron chi connectivity index (χ3n) is 1.50. The van der Waals surface area contributed by atoms with Gasteiger partial charge in [-0.1, -0.05) is 0 Å². The van der Waals surface area contributed by atoms with Crippen molar-refractivity contribution in [2.45, 2.75) is 25.9 Å². The van der Waals surface area contributed by atoms with Gasteiger partial charge in [0.2, 0.25) is 0 Å². The van der Waals surface area contributed by atoms with E-state index in [1.165, 1.54) is 0 Å². The fraction of sp³-hybridized carbons (Fsp3) is 0.750. The normalized spacial score (nSPS) is 12.5. The van der Waals surface area contributed by atoms with Crippen molar-refractivity contribution in [3.05, 3.63) is 0 Å². The van der Waals surface area contributed by atoms with Crippen molar-refractivity contribution in [1.29, 1.82) is 0 Å². The molecule has 2 atom stereocenters. The number of esters is 2. The predicted molar refractivity (Wildman–Crippen MR) is 63.7 cm³/mol. The first-order chi connectivity index (χ1) is 6.54. The standard InChI is InChI=1S/C8H16N2O4.2ClH/c1-3-13-7(11)5(9)6(10)8(12)14-4-2;;/h5-6H,3-4,9-10H2,1-2H3;2*1H. The Bertz CT molecular complexity index is 194. The van der Waals surface area contributed by atoms with Crippen molar-refractivity contribution in [3.8, 4) is 0 Å². The summed E-state index contributed by atoms with van der Waals surface area (Å²) in [7, 11) is 0. The van der Waals surface area contributed by atoms with Gasteiger partial charge in [0.15, 0.2) is 0 Å². The Morgan fingerprint density at radius 1 is 0.938 bits per heavy atom. The Morgan fingerprint density at radius 3 is 1.38 bits per heavy atom. The van der Waals surface area contributed by atoms with Crippen LogP contribution >= 0.6 is 24.8 Å². The monoisotopic (exact) mass is 276 g/mol. The smallest absolute Gasteiger partial charge is 0.325 e. The van der Waals surface area contributed by atoms with E-state index >= 15 is 0 Å². The Labute approximate surface area is 107 Å². The number of nitrogens with two attached hydrogens (primary N) is 2. The molecule has 0 aliphatic rings. The average molecular weight is 277 g/mol. The Morgan fingerprint density at radius 2 is 1.19 bits per heavy atom. The van der Waals surface area contributed by atoms with Gasteiger partial charge in [-0.3, -0.25) is 9.59 Å². The highest BCUT2D eigenvalue weighted by Crippen LogP contribution is 1.94. The lowest BCUT2D eigenvalue weighted by atomic mass is 10.1. The van der Waals surface area contributed by atoms with E-state index in [0.29, 0.717) is 0 Å². The first kappa shape index (κ1) is 20.8. The molecule has 0 aliphatic carbocycles. The van der Waals surface area contributed by atoms with Crippen LogP contribution < -0.4 is 11.5 Å².